The van der Waals surface area contributed by atoms with Crippen molar-refractivity contribution in [2.75, 3.05) is 0 Å². The lowest BCUT2D eigenvalue weighted by Crippen LogP contribution is -1.87. The Morgan fingerprint density at radius 3 is 2.50 bits per heavy atom. The van der Waals surface area contributed by atoms with Crippen molar-refractivity contribution in [2.45, 2.75) is 27.7 Å². The molecule has 0 unspecified atom stereocenters. The van der Waals surface area contributed by atoms with Gasteiger partial charge in [-0.15, -0.1) is 0 Å². The zero-order chi connectivity index (χ0) is 10.7. The van der Waals surface area contributed by atoms with Crippen LogP contribution < -0.4 is 0 Å². The highest BCUT2D eigenvalue weighted by molar-refractivity contribution is 5.82. The maximum Gasteiger partial charge on any atom is 0.128 e. The van der Waals surface area contributed by atoms with Crippen LogP contribution in [-0.2, 0) is 0 Å². The molecule has 0 spiro atoms. The van der Waals surface area contributed by atoms with Gasteiger partial charge in [-0.3, -0.25) is 5.10 Å². The number of H-pyrrole nitrogens is 1. The van der Waals surface area contributed by atoms with Crippen molar-refractivity contribution < 1.29 is 4.39 Å². The minimum absolute atomic E-state index is 0.177. The molecule has 1 N–H and O–H groups in total. The highest BCUT2D eigenvalue weighted by Crippen LogP contribution is 2.21. The molecule has 14 heavy (non-hydrogen) atoms. The molecule has 0 saturated carbocycles. The molecule has 2 nitrogen and oxygen atoms in total. The van der Waals surface area contributed by atoms with Crippen LogP contribution in [0.2, 0.25) is 0 Å². The van der Waals surface area contributed by atoms with Gasteiger partial charge in [0.1, 0.15) is 5.82 Å². The van der Waals surface area contributed by atoms with Crippen molar-refractivity contribution >= 4 is 10.9 Å². The molecular weight excluding hydrogens is 179 g/mol. The number of nitrogens with zero attached hydrogens (tertiary/aromatic N) is 1. The molecule has 1 aromatic carbocycles. The molecule has 3 heteroatoms. The number of nitrogens with one attached hydrogen (secondary N) is 1. The summed E-state index contributed by atoms with van der Waals surface area (Å²) < 4.78 is 13.1. The predicted octanol–water partition coefficient (Wildman–Crippen LogP) is 3.35. The van der Waals surface area contributed by atoms with Crippen LogP contribution in [0.4, 0.5) is 4.39 Å². The van der Waals surface area contributed by atoms with Gasteiger partial charge in [0.05, 0.1) is 11.7 Å². The summed E-state index contributed by atoms with van der Waals surface area (Å²) in [5.41, 5.74) is 2.42. The van der Waals surface area contributed by atoms with E-state index in [0.717, 1.165) is 16.5 Å². The van der Waals surface area contributed by atoms with Crippen LogP contribution in [0.15, 0.2) is 12.3 Å². The minimum atomic E-state index is -0.177. The molecule has 0 atom stereocenters. The van der Waals surface area contributed by atoms with Crippen LogP contribution in [-0.4, -0.2) is 10.2 Å². The molecule has 0 aliphatic heterocycles. The summed E-state index contributed by atoms with van der Waals surface area (Å²) in [6.07, 6.45) is 1.72. The van der Waals surface area contributed by atoms with E-state index in [9.17, 15) is 4.39 Å². The van der Waals surface area contributed by atoms with Crippen LogP contribution in [0.25, 0.3) is 10.9 Å². The Morgan fingerprint density at radius 2 is 1.86 bits per heavy atom. The quantitative estimate of drug-likeness (QED) is 0.684. The van der Waals surface area contributed by atoms with Crippen molar-refractivity contribution in [3.05, 3.63) is 29.2 Å². The Morgan fingerprint density at radius 1 is 1.21 bits per heavy atom. The third kappa shape index (κ3) is 1.62. The Balaban J connectivity index is 0.000000461. The fourth-order valence-electron chi connectivity index (χ4n) is 1.32. The number of rotatable bonds is 0. The van der Waals surface area contributed by atoms with Gasteiger partial charge in [-0.2, -0.15) is 5.10 Å². The summed E-state index contributed by atoms with van der Waals surface area (Å²) in [6, 6.07) is 1.48. The van der Waals surface area contributed by atoms with E-state index >= 15 is 0 Å². The Hall–Kier alpha value is -1.38. The number of benzene rings is 1. The number of fused-ring (bicyclic) bond motifs is 1. The normalized spacial score (nSPS) is 9.79. The summed E-state index contributed by atoms with van der Waals surface area (Å²) >= 11 is 0. The zero-order valence-electron chi connectivity index (χ0n) is 8.98. The average Bonchev–Trinajstić information content (AvgIpc) is 2.65. The first-order valence-electron chi connectivity index (χ1n) is 4.79. The van der Waals surface area contributed by atoms with E-state index in [1.165, 1.54) is 6.07 Å². The SMILES string of the molecule is CC.Cc1c(F)cc2[nH]ncc2c1C. The molecule has 0 aliphatic rings. The Labute approximate surface area is 83.1 Å². The molecule has 76 valence electrons. The van der Waals surface area contributed by atoms with Gasteiger partial charge in [0, 0.05) is 5.39 Å². The molecule has 0 saturated heterocycles. The largest absolute Gasteiger partial charge is 0.278 e. The third-order valence-electron chi connectivity index (χ3n) is 2.26. The highest BCUT2D eigenvalue weighted by Gasteiger charge is 2.06. The number of hydrogen-bond acceptors (Lipinski definition) is 1. The van der Waals surface area contributed by atoms with Gasteiger partial charge < -0.3 is 0 Å². The van der Waals surface area contributed by atoms with Crippen molar-refractivity contribution in [1.29, 1.82) is 0 Å². The molecule has 0 aliphatic carbocycles. The van der Waals surface area contributed by atoms with Gasteiger partial charge in [-0.25, -0.2) is 4.39 Å². The third-order valence-corrected chi connectivity index (χ3v) is 2.26. The first kappa shape index (κ1) is 10.7. The maximum atomic E-state index is 13.1. The van der Waals surface area contributed by atoms with Crippen molar-refractivity contribution in [2.24, 2.45) is 0 Å². The minimum Gasteiger partial charge on any atom is -0.278 e. The second kappa shape index (κ2) is 4.22. The lowest BCUT2D eigenvalue weighted by Gasteiger charge is -2.01. The van der Waals surface area contributed by atoms with Gasteiger partial charge in [-0.1, -0.05) is 13.8 Å². The highest BCUT2D eigenvalue weighted by atomic mass is 19.1. The van der Waals surface area contributed by atoms with Gasteiger partial charge in [-0.05, 0) is 31.0 Å². The van der Waals surface area contributed by atoms with Crippen molar-refractivity contribution in [3.8, 4) is 0 Å². The van der Waals surface area contributed by atoms with Gasteiger partial charge in [0.2, 0.25) is 0 Å². The number of aromatic amines is 1. The van der Waals surface area contributed by atoms with Crippen LogP contribution >= 0.6 is 0 Å². The summed E-state index contributed by atoms with van der Waals surface area (Å²) in [7, 11) is 0. The first-order chi connectivity index (χ1) is 6.70. The van der Waals surface area contributed by atoms with Crippen LogP contribution in [0, 0.1) is 19.7 Å². The van der Waals surface area contributed by atoms with Crippen LogP contribution in [0.3, 0.4) is 0 Å². The summed E-state index contributed by atoms with van der Waals surface area (Å²) in [5, 5.41) is 7.59. The molecule has 1 aromatic heterocycles. The standard InChI is InChI=1S/C9H9FN2.C2H6/c1-5-6(2)8(10)3-9-7(5)4-11-12-9;1-2/h3-4H,1-2H3,(H,11,12);1-2H3. The second-order valence-corrected chi connectivity index (χ2v) is 2.94. The summed E-state index contributed by atoms with van der Waals surface area (Å²) in [5.74, 6) is -0.177. The van der Waals surface area contributed by atoms with Crippen molar-refractivity contribution in [1.82, 2.24) is 10.2 Å². The lowest BCUT2D eigenvalue weighted by atomic mass is 10.1. The van der Waals surface area contributed by atoms with Crippen LogP contribution in [0.5, 0.6) is 0 Å². The fraction of sp³-hybridized carbons (Fsp3) is 0.364. The number of aromatic nitrogens is 2. The summed E-state index contributed by atoms with van der Waals surface area (Å²) in [4.78, 5) is 0. The fourth-order valence-corrected chi connectivity index (χ4v) is 1.32. The lowest BCUT2D eigenvalue weighted by molar-refractivity contribution is 0.619. The molecule has 2 aromatic rings. The first-order valence-corrected chi connectivity index (χ1v) is 4.79. The molecule has 2 rings (SSSR count). The van der Waals surface area contributed by atoms with E-state index in [2.05, 4.69) is 10.2 Å². The van der Waals surface area contributed by atoms with Gasteiger partial charge >= 0.3 is 0 Å². The maximum absolute atomic E-state index is 13.1. The van der Waals surface area contributed by atoms with Gasteiger partial charge in [0.25, 0.3) is 0 Å². The molecule has 0 bridgehead atoms. The molecule has 0 radical (unpaired) electrons. The molecule has 1 heterocycles. The number of halogens is 1. The zero-order valence-corrected chi connectivity index (χ0v) is 8.98. The topological polar surface area (TPSA) is 28.7 Å². The Bertz CT molecular complexity index is 432. The smallest absolute Gasteiger partial charge is 0.128 e. The monoisotopic (exact) mass is 194 g/mol. The average molecular weight is 194 g/mol. The summed E-state index contributed by atoms with van der Waals surface area (Å²) in [6.45, 7) is 7.67. The molecule has 0 amide bonds. The molecule has 0 fully saturated rings. The van der Waals surface area contributed by atoms with Crippen LogP contribution in [0.1, 0.15) is 25.0 Å². The van der Waals surface area contributed by atoms with Crippen molar-refractivity contribution in [3.63, 3.8) is 0 Å². The predicted molar refractivity (Wildman–Crippen MR) is 56.9 cm³/mol. The van der Waals surface area contributed by atoms with E-state index in [4.69, 9.17) is 0 Å². The van der Waals surface area contributed by atoms with E-state index < -0.39 is 0 Å². The Kier molecular flexibility index (Phi) is 3.23. The number of hydrogen-bond donors (Lipinski definition) is 1. The number of aryl methyl sites for hydroxylation is 1. The second-order valence-electron chi connectivity index (χ2n) is 2.94. The van der Waals surface area contributed by atoms with E-state index in [0.29, 0.717) is 5.56 Å². The van der Waals surface area contributed by atoms with E-state index in [1.54, 1.807) is 13.1 Å². The van der Waals surface area contributed by atoms with Gasteiger partial charge in [0.15, 0.2) is 0 Å². The van der Waals surface area contributed by atoms with E-state index in [-0.39, 0.29) is 5.82 Å². The van der Waals surface area contributed by atoms with E-state index in [1.807, 2.05) is 20.8 Å². The molecular formula is C11H15FN2.